The highest BCUT2D eigenvalue weighted by Gasteiger charge is 2.68. The average molecular weight is 405 g/mol. The third-order valence-electron chi connectivity index (χ3n) is 8.93. The Balaban J connectivity index is 1.72. The molecule has 29 heavy (non-hydrogen) atoms. The average Bonchev–Trinajstić information content (AvgIpc) is 2.86. The number of carbonyl (C=O) groups excluding carboxylic acids is 1. The first-order chi connectivity index (χ1) is 13.5. The van der Waals surface area contributed by atoms with E-state index in [0.717, 1.165) is 18.4 Å². The van der Waals surface area contributed by atoms with Gasteiger partial charge in [0.25, 0.3) is 0 Å². The van der Waals surface area contributed by atoms with Gasteiger partial charge in [0, 0.05) is 12.3 Å². The van der Waals surface area contributed by atoms with Gasteiger partial charge in [-0.05, 0) is 60.8 Å². The van der Waals surface area contributed by atoms with Crippen LogP contribution in [0.1, 0.15) is 52.9 Å². The van der Waals surface area contributed by atoms with Crippen molar-refractivity contribution < 1.29 is 30.0 Å². The molecule has 0 radical (unpaired) electrons. The van der Waals surface area contributed by atoms with Crippen molar-refractivity contribution in [2.45, 2.75) is 82.9 Å². The summed E-state index contributed by atoms with van der Waals surface area (Å²) in [5, 5.41) is 43.7. The first-order valence-electron chi connectivity index (χ1n) is 10.6. The summed E-state index contributed by atoms with van der Waals surface area (Å²) in [5.41, 5.74) is -1.85. The van der Waals surface area contributed by atoms with Crippen LogP contribution in [0, 0.1) is 40.9 Å². The van der Waals surface area contributed by atoms with E-state index < -0.39 is 41.4 Å². The van der Waals surface area contributed by atoms with Crippen molar-refractivity contribution in [2.24, 2.45) is 28.6 Å². The molecule has 0 aromatic carbocycles. The fourth-order valence-electron chi connectivity index (χ4n) is 7.30. The van der Waals surface area contributed by atoms with Gasteiger partial charge in [-0.2, -0.15) is 0 Å². The maximum absolute atomic E-state index is 11.4. The molecule has 0 aromatic rings. The lowest BCUT2D eigenvalue weighted by atomic mass is 9.46. The molecule has 0 amide bonds. The number of fused-ring (bicyclic) bond motifs is 5. The molecule has 0 bridgehead atoms. The fourth-order valence-corrected chi connectivity index (χ4v) is 7.30. The number of carbonyl (C=O) groups is 1. The summed E-state index contributed by atoms with van der Waals surface area (Å²) < 4.78 is 5.31. The van der Waals surface area contributed by atoms with Gasteiger partial charge in [-0.3, -0.25) is 4.79 Å². The monoisotopic (exact) mass is 404 g/mol. The van der Waals surface area contributed by atoms with Crippen molar-refractivity contribution in [3.05, 3.63) is 11.6 Å². The maximum Gasteiger partial charge on any atom is 0.303 e. The Bertz CT molecular complexity index is 785. The normalized spacial score (nSPS) is 53.7. The highest BCUT2D eigenvalue weighted by Crippen LogP contribution is 2.67. The van der Waals surface area contributed by atoms with E-state index in [-0.39, 0.29) is 23.2 Å². The molecule has 4 N–H and O–H groups in total. The summed E-state index contributed by atoms with van der Waals surface area (Å²) in [4.78, 5) is 11.4. The number of aliphatic hydroxyl groups is 4. The van der Waals surface area contributed by atoms with E-state index in [0.29, 0.717) is 19.3 Å². The van der Waals surface area contributed by atoms with Crippen LogP contribution in [0.4, 0.5) is 0 Å². The van der Waals surface area contributed by atoms with Gasteiger partial charge in [0.15, 0.2) is 5.60 Å². The number of terminal acetylenes is 1. The van der Waals surface area contributed by atoms with Crippen LogP contribution in [0.15, 0.2) is 11.6 Å². The zero-order chi connectivity index (χ0) is 21.4. The molecule has 0 aromatic heterocycles. The zero-order valence-electron chi connectivity index (χ0n) is 17.3. The third kappa shape index (κ3) is 2.61. The molecule has 160 valence electrons. The summed E-state index contributed by atoms with van der Waals surface area (Å²) in [6, 6.07) is 0. The first kappa shape index (κ1) is 20.9. The number of rotatable bonds is 1. The van der Waals surface area contributed by atoms with Crippen molar-refractivity contribution in [1.29, 1.82) is 0 Å². The Morgan fingerprint density at radius 2 is 1.90 bits per heavy atom. The van der Waals surface area contributed by atoms with Gasteiger partial charge in [-0.1, -0.05) is 25.8 Å². The van der Waals surface area contributed by atoms with Crippen molar-refractivity contribution in [3.8, 4) is 12.3 Å². The molecule has 4 aliphatic rings. The van der Waals surface area contributed by atoms with Crippen LogP contribution in [0.2, 0.25) is 0 Å². The predicted octanol–water partition coefficient (Wildman–Crippen LogP) is 1.16. The molecule has 4 aliphatic carbocycles. The van der Waals surface area contributed by atoms with Crippen molar-refractivity contribution >= 4 is 5.97 Å². The van der Waals surface area contributed by atoms with E-state index in [9.17, 15) is 25.2 Å². The Hall–Kier alpha value is -1.39. The number of hydrogen-bond donors (Lipinski definition) is 4. The second-order valence-corrected chi connectivity index (χ2v) is 10.1. The van der Waals surface area contributed by atoms with Gasteiger partial charge in [0.1, 0.15) is 12.2 Å². The van der Waals surface area contributed by atoms with Gasteiger partial charge in [0.2, 0.25) is 0 Å². The van der Waals surface area contributed by atoms with E-state index in [2.05, 4.69) is 12.8 Å². The molecule has 6 nitrogen and oxygen atoms in total. The quantitative estimate of drug-likeness (QED) is 0.297. The molecule has 10 atom stereocenters. The molecular formula is C23H32O6. The Kier molecular flexibility index (Phi) is 4.71. The summed E-state index contributed by atoms with van der Waals surface area (Å²) in [7, 11) is 0. The third-order valence-corrected chi connectivity index (χ3v) is 8.93. The number of aliphatic hydroxyl groups excluding tert-OH is 3. The largest absolute Gasteiger partial charge is 0.459 e. The van der Waals surface area contributed by atoms with Crippen LogP contribution >= 0.6 is 0 Å². The number of esters is 1. The highest BCUT2D eigenvalue weighted by atomic mass is 16.6. The van der Waals surface area contributed by atoms with Crippen molar-refractivity contribution in [3.63, 3.8) is 0 Å². The van der Waals surface area contributed by atoms with Crippen molar-refractivity contribution in [1.82, 2.24) is 0 Å². The van der Waals surface area contributed by atoms with E-state index in [4.69, 9.17) is 11.2 Å². The summed E-state index contributed by atoms with van der Waals surface area (Å²) >= 11 is 0. The Morgan fingerprint density at radius 1 is 1.21 bits per heavy atom. The van der Waals surface area contributed by atoms with Crippen LogP contribution in [-0.4, -0.2) is 56.4 Å². The number of hydrogen-bond acceptors (Lipinski definition) is 6. The lowest BCUT2D eigenvalue weighted by Crippen LogP contribution is -2.60. The van der Waals surface area contributed by atoms with Crippen LogP contribution < -0.4 is 0 Å². The molecule has 3 fully saturated rings. The second kappa shape index (κ2) is 6.55. The maximum atomic E-state index is 11.4. The van der Waals surface area contributed by atoms with Gasteiger partial charge in [0.05, 0.1) is 12.2 Å². The van der Waals surface area contributed by atoms with E-state index in [1.54, 1.807) is 6.08 Å². The van der Waals surface area contributed by atoms with E-state index >= 15 is 0 Å². The van der Waals surface area contributed by atoms with Crippen LogP contribution in [0.3, 0.4) is 0 Å². The van der Waals surface area contributed by atoms with Gasteiger partial charge >= 0.3 is 5.97 Å². The Labute approximate surface area is 172 Å². The zero-order valence-corrected chi connectivity index (χ0v) is 17.3. The molecule has 4 rings (SSSR count). The molecular weight excluding hydrogens is 372 g/mol. The Morgan fingerprint density at radius 3 is 2.52 bits per heavy atom. The lowest BCUT2D eigenvalue weighted by molar-refractivity contribution is -0.161. The molecule has 6 heteroatoms. The molecule has 0 spiro atoms. The minimum atomic E-state index is -1.60. The van der Waals surface area contributed by atoms with E-state index in [1.807, 2.05) is 6.92 Å². The first-order valence-corrected chi connectivity index (χ1v) is 10.6. The van der Waals surface area contributed by atoms with Gasteiger partial charge in [-0.25, -0.2) is 0 Å². The molecule has 0 saturated heterocycles. The second-order valence-electron chi connectivity index (χ2n) is 10.1. The van der Waals surface area contributed by atoms with Crippen LogP contribution in [0.25, 0.3) is 0 Å². The SMILES string of the molecule is C#CC1(O)C(O)C[C@H]2[C@@H]3C(O)C=C4C(O)C(OC(C)=O)CC[C@]4(C)[C@@H]3CC[C@@]21C. The predicted molar refractivity (Wildman–Crippen MR) is 105 cm³/mol. The number of ether oxygens (including phenoxy) is 1. The van der Waals surface area contributed by atoms with Crippen LogP contribution in [-0.2, 0) is 9.53 Å². The minimum absolute atomic E-state index is 0.0934. The minimum Gasteiger partial charge on any atom is -0.459 e. The summed E-state index contributed by atoms with van der Waals surface area (Å²) in [5.74, 6) is 1.85. The van der Waals surface area contributed by atoms with Crippen LogP contribution in [0.5, 0.6) is 0 Å². The smallest absolute Gasteiger partial charge is 0.303 e. The molecule has 0 heterocycles. The van der Waals surface area contributed by atoms with Gasteiger partial charge in [-0.15, -0.1) is 6.42 Å². The van der Waals surface area contributed by atoms with Gasteiger partial charge < -0.3 is 25.2 Å². The summed E-state index contributed by atoms with van der Waals surface area (Å²) in [6.07, 6.45) is 7.07. The topological polar surface area (TPSA) is 107 Å². The molecule has 0 aliphatic heterocycles. The van der Waals surface area contributed by atoms with E-state index in [1.165, 1.54) is 6.92 Å². The fraction of sp³-hybridized carbons (Fsp3) is 0.783. The standard InChI is InChI=1S/C23H32O6/c1-5-23(28)18(26)11-14-19-13(6-9-22(14,23)4)21(3)8-7-17(29-12(2)24)20(27)15(21)10-16(19)25/h1,10,13-14,16-20,25-28H,6-9,11H2,2-4H3/t13-,14+,16?,17?,18?,19-,20?,21-,22+,23?/m1/s1. The summed E-state index contributed by atoms with van der Waals surface area (Å²) in [6.45, 7) is 5.39. The molecule has 3 saturated carbocycles. The van der Waals surface area contributed by atoms with Crippen molar-refractivity contribution in [2.75, 3.05) is 0 Å². The molecule has 5 unspecified atom stereocenters. The highest BCUT2D eigenvalue weighted by molar-refractivity contribution is 5.66. The lowest BCUT2D eigenvalue weighted by Gasteiger charge is -2.60.